The third-order valence-electron chi connectivity index (χ3n) is 5.88. The van der Waals surface area contributed by atoms with Gasteiger partial charge in [0.2, 0.25) is 5.91 Å². The summed E-state index contributed by atoms with van der Waals surface area (Å²) in [6, 6.07) is 5.70. The van der Waals surface area contributed by atoms with Crippen molar-refractivity contribution in [1.82, 2.24) is 14.4 Å². The average molecular weight is 360 g/mol. The highest BCUT2D eigenvalue weighted by atomic mass is 16.2. The molecule has 1 atom stereocenters. The molecule has 0 bridgehead atoms. The lowest BCUT2D eigenvalue weighted by Gasteiger charge is -2.34. The predicted molar refractivity (Wildman–Crippen MR) is 104 cm³/mol. The molecule has 1 aromatic heterocycles. The van der Waals surface area contributed by atoms with Gasteiger partial charge < -0.3 is 9.47 Å². The first kappa shape index (κ1) is 19.2. The third-order valence-corrected chi connectivity index (χ3v) is 5.88. The molecule has 1 aromatic rings. The normalized spacial score (nSPS) is 21.8. The Balaban J connectivity index is 1.62. The second kappa shape index (κ2) is 8.38. The maximum atomic E-state index is 12.8. The number of carbonyl (C=O) groups excluding carboxylic acids is 1. The second-order valence-corrected chi connectivity index (χ2v) is 8.35. The van der Waals surface area contributed by atoms with E-state index in [1.807, 2.05) is 17.9 Å². The van der Waals surface area contributed by atoms with Crippen LogP contribution in [0.1, 0.15) is 45.2 Å². The standard InChI is InChI=1S/C21H33N3O2/c1-16(2)19-15-23(12-5-11-22(19)14-18-8-9-18)20(25)10-13-24-17(3)6-4-7-21(24)26/h4,6-7,16,18-19H,5,8-15H2,1-3H3/t19-/m1/s1. The first-order valence-electron chi connectivity index (χ1n) is 10.1. The fraction of sp³-hybridized carbons (Fsp3) is 0.714. The molecule has 0 spiro atoms. The van der Waals surface area contributed by atoms with Crippen molar-refractivity contribution < 1.29 is 4.79 Å². The summed E-state index contributed by atoms with van der Waals surface area (Å²) >= 11 is 0. The maximum absolute atomic E-state index is 12.8. The highest BCUT2D eigenvalue weighted by Gasteiger charge is 2.33. The number of hydrogen-bond donors (Lipinski definition) is 0. The summed E-state index contributed by atoms with van der Waals surface area (Å²) in [6.45, 7) is 10.9. The van der Waals surface area contributed by atoms with Crippen molar-refractivity contribution in [3.63, 3.8) is 0 Å². The molecule has 0 N–H and O–H groups in total. The smallest absolute Gasteiger partial charge is 0.250 e. The molecule has 0 aromatic carbocycles. The molecule has 1 saturated heterocycles. The van der Waals surface area contributed by atoms with Crippen molar-refractivity contribution in [1.29, 1.82) is 0 Å². The van der Waals surface area contributed by atoms with Crippen LogP contribution in [0.5, 0.6) is 0 Å². The maximum Gasteiger partial charge on any atom is 0.250 e. The van der Waals surface area contributed by atoms with Crippen LogP contribution >= 0.6 is 0 Å². The number of rotatable bonds is 6. The monoisotopic (exact) mass is 359 g/mol. The largest absolute Gasteiger partial charge is 0.341 e. The number of aromatic nitrogens is 1. The number of hydrogen-bond acceptors (Lipinski definition) is 3. The number of amides is 1. The van der Waals surface area contributed by atoms with E-state index in [0.717, 1.165) is 37.7 Å². The van der Waals surface area contributed by atoms with Gasteiger partial charge in [0.15, 0.2) is 0 Å². The van der Waals surface area contributed by atoms with Gasteiger partial charge in [0, 0.05) is 56.9 Å². The lowest BCUT2D eigenvalue weighted by Crippen LogP contribution is -2.46. The Labute approximate surface area is 157 Å². The van der Waals surface area contributed by atoms with Crippen molar-refractivity contribution in [3.05, 3.63) is 34.2 Å². The Kier molecular flexibility index (Phi) is 6.17. The molecular weight excluding hydrogens is 326 g/mol. The molecule has 1 amide bonds. The number of aryl methyl sites for hydroxylation is 1. The summed E-state index contributed by atoms with van der Waals surface area (Å²) in [4.78, 5) is 29.5. The van der Waals surface area contributed by atoms with Gasteiger partial charge in [0.05, 0.1) is 0 Å². The van der Waals surface area contributed by atoms with E-state index in [-0.39, 0.29) is 11.5 Å². The van der Waals surface area contributed by atoms with E-state index in [2.05, 4.69) is 18.7 Å². The van der Waals surface area contributed by atoms with E-state index in [0.29, 0.717) is 24.9 Å². The Bertz CT molecular complexity index is 678. The van der Waals surface area contributed by atoms with Gasteiger partial charge in [0.25, 0.3) is 5.56 Å². The fourth-order valence-electron chi connectivity index (χ4n) is 4.06. The van der Waals surface area contributed by atoms with Gasteiger partial charge in [-0.05, 0) is 44.1 Å². The first-order valence-corrected chi connectivity index (χ1v) is 10.1. The molecule has 2 heterocycles. The highest BCUT2D eigenvalue weighted by Crippen LogP contribution is 2.31. The molecule has 1 aliphatic carbocycles. The first-order chi connectivity index (χ1) is 12.5. The Morgan fingerprint density at radius 1 is 1.23 bits per heavy atom. The SMILES string of the molecule is Cc1cccc(=O)n1CCC(=O)N1CCCN(CC2CC2)[C@@H](C(C)C)C1. The van der Waals surface area contributed by atoms with Crippen LogP contribution in [0.4, 0.5) is 0 Å². The molecule has 1 saturated carbocycles. The van der Waals surface area contributed by atoms with Gasteiger partial charge in [-0.2, -0.15) is 0 Å². The van der Waals surface area contributed by atoms with Gasteiger partial charge in [-0.1, -0.05) is 19.9 Å². The summed E-state index contributed by atoms with van der Waals surface area (Å²) in [6.07, 6.45) is 4.19. The summed E-state index contributed by atoms with van der Waals surface area (Å²) < 4.78 is 1.70. The van der Waals surface area contributed by atoms with Gasteiger partial charge in [0.1, 0.15) is 0 Å². The minimum atomic E-state index is -0.0238. The summed E-state index contributed by atoms with van der Waals surface area (Å²) in [5.74, 6) is 1.60. The summed E-state index contributed by atoms with van der Waals surface area (Å²) in [5, 5.41) is 0. The van der Waals surface area contributed by atoms with Crippen LogP contribution in [-0.2, 0) is 11.3 Å². The van der Waals surface area contributed by atoms with E-state index in [9.17, 15) is 9.59 Å². The van der Waals surface area contributed by atoms with E-state index in [4.69, 9.17) is 0 Å². The lowest BCUT2D eigenvalue weighted by molar-refractivity contribution is -0.132. The van der Waals surface area contributed by atoms with Crippen LogP contribution in [0.3, 0.4) is 0 Å². The quantitative estimate of drug-likeness (QED) is 0.784. The van der Waals surface area contributed by atoms with E-state index in [1.54, 1.807) is 16.7 Å². The van der Waals surface area contributed by atoms with Gasteiger partial charge in [-0.3, -0.25) is 14.5 Å². The summed E-state index contributed by atoms with van der Waals surface area (Å²) in [5.41, 5.74) is 0.890. The Morgan fingerprint density at radius 3 is 2.65 bits per heavy atom. The molecule has 2 aliphatic rings. The fourth-order valence-corrected chi connectivity index (χ4v) is 4.06. The average Bonchev–Trinajstić information content (AvgIpc) is 3.41. The van der Waals surface area contributed by atoms with Crippen LogP contribution in [0, 0.1) is 18.8 Å². The predicted octanol–water partition coefficient (Wildman–Crippen LogP) is 2.52. The molecule has 1 aliphatic heterocycles. The van der Waals surface area contributed by atoms with Crippen LogP contribution in [0.2, 0.25) is 0 Å². The molecule has 3 rings (SSSR count). The zero-order valence-electron chi connectivity index (χ0n) is 16.5. The topological polar surface area (TPSA) is 45.6 Å². The minimum absolute atomic E-state index is 0.0238. The van der Waals surface area contributed by atoms with Crippen LogP contribution < -0.4 is 5.56 Å². The molecule has 0 radical (unpaired) electrons. The Hall–Kier alpha value is -1.62. The number of nitrogens with zero attached hydrogens (tertiary/aromatic N) is 3. The Morgan fingerprint density at radius 2 is 2.00 bits per heavy atom. The molecule has 2 fully saturated rings. The van der Waals surface area contributed by atoms with E-state index in [1.165, 1.54) is 19.4 Å². The van der Waals surface area contributed by atoms with Crippen molar-refractivity contribution in [2.75, 3.05) is 26.2 Å². The number of pyridine rings is 1. The van der Waals surface area contributed by atoms with Crippen LogP contribution in [-0.4, -0.2) is 52.5 Å². The van der Waals surface area contributed by atoms with E-state index >= 15 is 0 Å². The van der Waals surface area contributed by atoms with Crippen molar-refractivity contribution >= 4 is 5.91 Å². The van der Waals surface area contributed by atoms with Crippen molar-refractivity contribution in [2.24, 2.45) is 11.8 Å². The lowest BCUT2D eigenvalue weighted by atomic mass is 10.0. The van der Waals surface area contributed by atoms with Crippen LogP contribution in [0.15, 0.2) is 23.0 Å². The van der Waals surface area contributed by atoms with Gasteiger partial charge in [-0.15, -0.1) is 0 Å². The van der Waals surface area contributed by atoms with Crippen molar-refractivity contribution in [2.45, 2.75) is 59.0 Å². The summed E-state index contributed by atoms with van der Waals surface area (Å²) in [7, 11) is 0. The third kappa shape index (κ3) is 4.76. The molecule has 0 unspecified atom stereocenters. The zero-order valence-corrected chi connectivity index (χ0v) is 16.5. The van der Waals surface area contributed by atoms with Gasteiger partial charge in [-0.25, -0.2) is 0 Å². The van der Waals surface area contributed by atoms with Crippen molar-refractivity contribution in [3.8, 4) is 0 Å². The molecule has 5 nitrogen and oxygen atoms in total. The molecule has 144 valence electrons. The van der Waals surface area contributed by atoms with Crippen LogP contribution in [0.25, 0.3) is 0 Å². The molecular formula is C21H33N3O2. The van der Waals surface area contributed by atoms with E-state index < -0.39 is 0 Å². The van der Waals surface area contributed by atoms with Gasteiger partial charge >= 0.3 is 0 Å². The highest BCUT2D eigenvalue weighted by molar-refractivity contribution is 5.76. The minimum Gasteiger partial charge on any atom is -0.341 e. The molecule has 5 heteroatoms. The zero-order chi connectivity index (χ0) is 18.7. The number of carbonyl (C=O) groups is 1. The molecule has 26 heavy (non-hydrogen) atoms. The second-order valence-electron chi connectivity index (χ2n) is 8.35.